The molecule has 0 bridgehead atoms. The van der Waals surface area contributed by atoms with Crippen molar-refractivity contribution in [3.63, 3.8) is 0 Å². The first-order chi connectivity index (χ1) is 27.1. The molecule has 0 saturated heterocycles. The first-order valence-corrected chi connectivity index (χ1v) is 18.3. The second-order valence-electron chi connectivity index (χ2n) is 13.0. The zero-order chi connectivity index (χ0) is 37.0. The maximum atomic E-state index is 6.43. The molecule has 0 aliphatic carbocycles. The summed E-state index contributed by atoms with van der Waals surface area (Å²) >= 11 is 6.43. The minimum atomic E-state index is 0.546. The van der Waals surface area contributed by atoms with Gasteiger partial charge in [0.15, 0.2) is 34.9 Å². The summed E-state index contributed by atoms with van der Waals surface area (Å²) < 4.78 is 0. The SMILES string of the molecule is Clc1cccc(-c2nc(-c3ccccc3)nc(-c3cc(-c4ccccc4)cc(-c4ccc(-c5nc(-c6ccccc6)nc(-c6ccccc6)n5)cc4)c3)n2)c1. The van der Waals surface area contributed by atoms with Gasteiger partial charge >= 0.3 is 0 Å². The van der Waals surface area contributed by atoms with E-state index in [-0.39, 0.29) is 0 Å². The van der Waals surface area contributed by atoms with Crippen LogP contribution in [0, 0.1) is 0 Å². The molecule has 0 aliphatic rings. The number of hydrogen-bond acceptors (Lipinski definition) is 6. The van der Waals surface area contributed by atoms with Crippen molar-refractivity contribution in [2.24, 2.45) is 0 Å². The molecular formula is C48H31ClN6. The number of halogens is 1. The lowest BCUT2D eigenvalue weighted by Gasteiger charge is -2.13. The Morgan fingerprint density at radius 3 is 0.927 bits per heavy atom. The van der Waals surface area contributed by atoms with E-state index >= 15 is 0 Å². The lowest BCUT2D eigenvalue weighted by Crippen LogP contribution is -2.00. The van der Waals surface area contributed by atoms with Crippen LogP contribution in [0.5, 0.6) is 0 Å². The van der Waals surface area contributed by atoms with E-state index in [1.165, 1.54) is 0 Å². The number of rotatable bonds is 8. The fourth-order valence-electron chi connectivity index (χ4n) is 6.45. The molecule has 0 aliphatic heterocycles. The summed E-state index contributed by atoms with van der Waals surface area (Å²) in [6.45, 7) is 0. The molecular weight excluding hydrogens is 696 g/mol. The van der Waals surface area contributed by atoms with Crippen LogP contribution in [0.1, 0.15) is 0 Å². The molecule has 2 heterocycles. The Bertz CT molecular complexity index is 2690. The molecule has 0 N–H and O–H groups in total. The minimum Gasteiger partial charge on any atom is -0.208 e. The monoisotopic (exact) mass is 726 g/mol. The lowest BCUT2D eigenvalue weighted by atomic mass is 9.95. The largest absolute Gasteiger partial charge is 0.208 e. The summed E-state index contributed by atoms with van der Waals surface area (Å²) in [5, 5.41) is 0.613. The molecule has 7 heteroatoms. The Morgan fingerprint density at radius 2 is 0.509 bits per heavy atom. The zero-order valence-electron chi connectivity index (χ0n) is 29.5. The third-order valence-electron chi connectivity index (χ3n) is 9.22. The number of aromatic nitrogens is 6. The van der Waals surface area contributed by atoms with Crippen molar-refractivity contribution in [3.05, 3.63) is 193 Å². The van der Waals surface area contributed by atoms with Gasteiger partial charge in [0, 0.05) is 38.4 Å². The Morgan fingerprint density at radius 1 is 0.218 bits per heavy atom. The second kappa shape index (κ2) is 15.1. The van der Waals surface area contributed by atoms with Crippen molar-refractivity contribution in [2.75, 3.05) is 0 Å². The van der Waals surface area contributed by atoms with Gasteiger partial charge in [0.25, 0.3) is 0 Å². The molecule has 9 rings (SSSR count). The van der Waals surface area contributed by atoms with Gasteiger partial charge < -0.3 is 0 Å². The van der Waals surface area contributed by atoms with Crippen LogP contribution in [0.2, 0.25) is 5.02 Å². The maximum absolute atomic E-state index is 6.43. The van der Waals surface area contributed by atoms with E-state index in [4.69, 9.17) is 41.5 Å². The van der Waals surface area contributed by atoms with Gasteiger partial charge in [-0.15, -0.1) is 0 Å². The average Bonchev–Trinajstić information content (AvgIpc) is 3.27. The standard InChI is InChI=1S/C48H31ClN6/c49-42-23-13-22-38(31-42)47-53-45(36-20-11-4-12-21-36)54-48(55-47)41-29-39(32-14-5-1-6-15-32)28-40(30-41)33-24-26-37(27-25-33)46-51-43(34-16-7-2-8-17-34)50-44(52-46)35-18-9-3-10-19-35/h1-31H. The summed E-state index contributed by atoms with van der Waals surface area (Å²) in [4.78, 5) is 29.7. The van der Waals surface area contributed by atoms with Crippen LogP contribution in [-0.2, 0) is 0 Å². The predicted octanol–water partition coefficient (Wildman–Crippen LogP) is 12.0. The molecule has 55 heavy (non-hydrogen) atoms. The van der Waals surface area contributed by atoms with E-state index < -0.39 is 0 Å². The Balaban J connectivity index is 1.16. The van der Waals surface area contributed by atoms with Crippen molar-refractivity contribution < 1.29 is 0 Å². The van der Waals surface area contributed by atoms with Crippen LogP contribution in [0.15, 0.2) is 188 Å². The summed E-state index contributed by atoms with van der Waals surface area (Å²) in [7, 11) is 0. The van der Waals surface area contributed by atoms with Gasteiger partial charge in [0.1, 0.15) is 0 Å². The van der Waals surface area contributed by atoms with Crippen LogP contribution in [0.3, 0.4) is 0 Å². The minimum absolute atomic E-state index is 0.546. The summed E-state index contributed by atoms with van der Waals surface area (Å²) in [5.41, 5.74) is 9.48. The van der Waals surface area contributed by atoms with E-state index in [1.54, 1.807) is 0 Å². The van der Waals surface area contributed by atoms with Gasteiger partial charge in [0.05, 0.1) is 0 Å². The van der Waals surface area contributed by atoms with E-state index in [2.05, 4.69) is 54.6 Å². The van der Waals surface area contributed by atoms with E-state index in [1.807, 2.05) is 133 Å². The van der Waals surface area contributed by atoms with Gasteiger partial charge in [-0.1, -0.05) is 169 Å². The average molecular weight is 727 g/mol. The molecule has 0 atom stereocenters. The second-order valence-corrected chi connectivity index (χ2v) is 13.4. The highest BCUT2D eigenvalue weighted by Crippen LogP contribution is 2.35. The van der Waals surface area contributed by atoms with Crippen molar-refractivity contribution in [3.8, 4) is 90.6 Å². The summed E-state index contributed by atoms with van der Waals surface area (Å²) in [6, 6.07) is 62.7. The molecule has 260 valence electrons. The highest BCUT2D eigenvalue weighted by atomic mass is 35.5. The van der Waals surface area contributed by atoms with Gasteiger partial charge in [-0.2, -0.15) is 0 Å². The molecule has 0 spiro atoms. The van der Waals surface area contributed by atoms with E-state index in [9.17, 15) is 0 Å². The van der Waals surface area contributed by atoms with Gasteiger partial charge in [-0.05, 0) is 52.6 Å². The molecule has 7 aromatic carbocycles. The fraction of sp³-hybridized carbons (Fsp3) is 0. The maximum Gasteiger partial charge on any atom is 0.164 e. The van der Waals surface area contributed by atoms with Crippen molar-refractivity contribution in [2.45, 2.75) is 0 Å². The van der Waals surface area contributed by atoms with Gasteiger partial charge in [-0.25, -0.2) is 29.9 Å². The highest BCUT2D eigenvalue weighted by molar-refractivity contribution is 6.30. The number of benzene rings is 7. The fourth-order valence-corrected chi connectivity index (χ4v) is 6.64. The van der Waals surface area contributed by atoms with E-state index in [0.29, 0.717) is 40.0 Å². The summed E-state index contributed by atoms with van der Waals surface area (Å²) in [6.07, 6.45) is 0. The molecule has 2 aromatic heterocycles. The van der Waals surface area contributed by atoms with Crippen molar-refractivity contribution in [1.29, 1.82) is 0 Å². The van der Waals surface area contributed by atoms with Gasteiger partial charge in [-0.3, -0.25) is 0 Å². The molecule has 9 aromatic rings. The Labute approximate surface area is 324 Å². The predicted molar refractivity (Wildman–Crippen MR) is 222 cm³/mol. The van der Waals surface area contributed by atoms with E-state index in [0.717, 1.165) is 55.6 Å². The molecule has 0 fully saturated rings. The Kier molecular flexibility index (Phi) is 9.22. The molecule has 0 amide bonds. The van der Waals surface area contributed by atoms with Crippen molar-refractivity contribution >= 4 is 11.6 Å². The number of hydrogen-bond donors (Lipinski definition) is 0. The molecule has 0 saturated carbocycles. The van der Waals surface area contributed by atoms with Crippen LogP contribution in [0.4, 0.5) is 0 Å². The Hall–Kier alpha value is -7.15. The summed E-state index contributed by atoms with van der Waals surface area (Å²) in [5.74, 6) is 3.54. The normalized spacial score (nSPS) is 11.0. The van der Waals surface area contributed by atoms with Crippen LogP contribution >= 0.6 is 11.6 Å². The highest BCUT2D eigenvalue weighted by Gasteiger charge is 2.16. The smallest absolute Gasteiger partial charge is 0.164 e. The first-order valence-electron chi connectivity index (χ1n) is 17.9. The lowest BCUT2D eigenvalue weighted by molar-refractivity contribution is 1.07. The molecule has 0 radical (unpaired) electrons. The zero-order valence-corrected chi connectivity index (χ0v) is 30.2. The van der Waals surface area contributed by atoms with Crippen LogP contribution < -0.4 is 0 Å². The third kappa shape index (κ3) is 7.40. The van der Waals surface area contributed by atoms with Crippen LogP contribution in [-0.4, -0.2) is 29.9 Å². The van der Waals surface area contributed by atoms with Crippen molar-refractivity contribution in [1.82, 2.24) is 29.9 Å². The first kappa shape index (κ1) is 33.7. The number of nitrogens with zero attached hydrogens (tertiary/aromatic N) is 6. The quantitative estimate of drug-likeness (QED) is 0.155. The molecule has 6 nitrogen and oxygen atoms in total. The topological polar surface area (TPSA) is 77.3 Å². The molecule has 0 unspecified atom stereocenters. The van der Waals surface area contributed by atoms with Gasteiger partial charge in [0.2, 0.25) is 0 Å². The van der Waals surface area contributed by atoms with Crippen LogP contribution in [0.25, 0.3) is 90.6 Å². The third-order valence-corrected chi connectivity index (χ3v) is 9.46.